The second kappa shape index (κ2) is 7.18. The van der Waals surface area contributed by atoms with E-state index in [1.165, 1.54) is 6.07 Å². The van der Waals surface area contributed by atoms with E-state index >= 15 is 0 Å². The number of phenolic OH excluding ortho intramolecular Hbond substituents is 1. The van der Waals surface area contributed by atoms with E-state index in [4.69, 9.17) is 0 Å². The number of likely N-dealkylation sites (tertiary alicyclic amines) is 1. The van der Waals surface area contributed by atoms with E-state index in [1.54, 1.807) is 22.7 Å². The van der Waals surface area contributed by atoms with E-state index in [0.717, 1.165) is 6.07 Å². The van der Waals surface area contributed by atoms with Crippen LogP contribution in [0.5, 0.6) is 5.75 Å². The van der Waals surface area contributed by atoms with Crippen molar-refractivity contribution in [1.29, 1.82) is 0 Å². The Balaban J connectivity index is 1.69. The van der Waals surface area contributed by atoms with Gasteiger partial charge in [0.05, 0.1) is 11.1 Å². The monoisotopic (exact) mass is 409 g/mol. The summed E-state index contributed by atoms with van der Waals surface area (Å²) in [4.78, 5) is 1.89. The van der Waals surface area contributed by atoms with Crippen LogP contribution in [0.2, 0.25) is 0 Å². The topological polar surface area (TPSA) is 65.7 Å². The van der Waals surface area contributed by atoms with E-state index < -0.39 is 23.7 Å². The Morgan fingerprint density at radius 3 is 2.66 bits per heavy atom. The molecule has 3 aromatic rings. The molecule has 2 aromatic heterocycles. The van der Waals surface area contributed by atoms with E-state index in [9.17, 15) is 22.7 Å². The SMILES string of the molecule is CN1C[C@H](F)C[C@@H](Nc2nnc(-c3ccc(C(F)(F)F)cc3O)c3cccn23)C1. The Kier molecular flexibility index (Phi) is 4.81. The molecule has 29 heavy (non-hydrogen) atoms. The third-order valence-electron chi connectivity index (χ3n) is 4.96. The van der Waals surface area contributed by atoms with E-state index in [2.05, 4.69) is 15.5 Å². The van der Waals surface area contributed by atoms with Crippen molar-refractivity contribution >= 4 is 11.5 Å². The Bertz CT molecular complexity index is 1030. The lowest BCUT2D eigenvalue weighted by Crippen LogP contribution is -2.45. The lowest BCUT2D eigenvalue weighted by atomic mass is 10.1. The highest BCUT2D eigenvalue weighted by Crippen LogP contribution is 2.37. The first kappa shape index (κ1) is 19.4. The van der Waals surface area contributed by atoms with Crippen molar-refractivity contribution in [3.63, 3.8) is 0 Å². The molecule has 1 saturated heterocycles. The average molecular weight is 409 g/mol. The average Bonchev–Trinajstić information content (AvgIpc) is 3.11. The summed E-state index contributed by atoms with van der Waals surface area (Å²) in [5.41, 5.74) is -0.00464. The molecule has 6 nitrogen and oxygen atoms in total. The molecule has 0 unspecified atom stereocenters. The van der Waals surface area contributed by atoms with Crippen LogP contribution < -0.4 is 5.32 Å². The molecule has 0 spiro atoms. The van der Waals surface area contributed by atoms with Crippen LogP contribution in [0.25, 0.3) is 16.8 Å². The Morgan fingerprint density at radius 1 is 1.17 bits per heavy atom. The number of anilines is 1. The number of fused-ring (bicyclic) bond motifs is 1. The number of rotatable bonds is 3. The van der Waals surface area contributed by atoms with Crippen molar-refractivity contribution in [3.8, 4) is 17.0 Å². The van der Waals surface area contributed by atoms with Gasteiger partial charge in [-0.15, -0.1) is 10.2 Å². The van der Waals surface area contributed by atoms with Gasteiger partial charge in [0.1, 0.15) is 17.6 Å². The quantitative estimate of drug-likeness (QED) is 0.648. The zero-order chi connectivity index (χ0) is 20.8. The second-order valence-electron chi connectivity index (χ2n) is 7.26. The van der Waals surface area contributed by atoms with Gasteiger partial charge in [-0.2, -0.15) is 13.2 Å². The number of nitrogens with zero attached hydrogens (tertiary/aromatic N) is 4. The number of hydrogen-bond donors (Lipinski definition) is 2. The Morgan fingerprint density at radius 2 is 1.97 bits per heavy atom. The molecule has 1 aliphatic heterocycles. The van der Waals surface area contributed by atoms with Crippen LogP contribution >= 0.6 is 0 Å². The summed E-state index contributed by atoms with van der Waals surface area (Å²) in [5.74, 6) is -0.139. The van der Waals surface area contributed by atoms with Gasteiger partial charge >= 0.3 is 6.18 Å². The summed E-state index contributed by atoms with van der Waals surface area (Å²) in [5, 5.41) is 21.6. The lowest BCUT2D eigenvalue weighted by molar-refractivity contribution is -0.137. The highest BCUT2D eigenvalue weighted by molar-refractivity contribution is 5.81. The van der Waals surface area contributed by atoms with Crippen LogP contribution in [0.4, 0.5) is 23.5 Å². The molecule has 0 bridgehead atoms. The number of hydrogen-bond acceptors (Lipinski definition) is 5. The molecule has 3 heterocycles. The highest BCUT2D eigenvalue weighted by Gasteiger charge is 2.31. The Hall–Kier alpha value is -2.88. The van der Waals surface area contributed by atoms with Crippen molar-refractivity contribution in [3.05, 3.63) is 42.1 Å². The fraction of sp³-hybridized carbons (Fsp3) is 0.368. The minimum absolute atomic E-state index is 0.141. The standard InChI is InChI=1S/C19H19F4N5O/c1-27-9-12(20)8-13(10-27)24-18-26-25-17(15-3-2-6-28(15)18)14-5-4-11(7-16(14)29)19(21,22)23/h2-7,12-13,29H,8-10H2,1H3,(H,24,26)/t12-,13-/m1/s1. The van der Waals surface area contributed by atoms with Gasteiger partial charge in [-0.25, -0.2) is 4.39 Å². The molecular formula is C19H19F4N5O. The molecule has 10 heteroatoms. The number of aromatic nitrogens is 3. The maximum Gasteiger partial charge on any atom is 0.416 e. The van der Waals surface area contributed by atoms with Gasteiger partial charge in [0.25, 0.3) is 0 Å². The zero-order valence-electron chi connectivity index (χ0n) is 15.5. The number of aromatic hydroxyl groups is 1. The van der Waals surface area contributed by atoms with Crippen molar-refractivity contribution in [1.82, 2.24) is 19.5 Å². The molecule has 1 aliphatic rings. The largest absolute Gasteiger partial charge is 0.507 e. The molecule has 0 aliphatic carbocycles. The summed E-state index contributed by atoms with van der Waals surface area (Å²) < 4.78 is 54.1. The molecule has 154 valence electrons. The maximum atomic E-state index is 13.9. The highest BCUT2D eigenvalue weighted by atomic mass is 19.4. The number of phenols is 1. The zero-order valence-corrected chi connectivity index (χ0v) is 15.5. The fourth-order valence-electron chi connectivity index (χ4n) is 3.69. The van der Waals surface area contributed by atoms with Crippen LogP contribution in [0.3, 0.4) is 0 Å². The molecule has 0 amide bonds. The van der Waals surface area contributed by atoms with Gasteiger partial charge in [-0.3, -0.25) is 4.40 Å². The molecular weight excluding hydrogens is 390 g/mol. The number of halogens is 4. The van der Waals surface area contributed by atoms with Crippen molar-refractivity contribution < 1.29 is 22.7 Å². The number of alkyl halides is 4. The van der Waals surface area contributed by atoms with Crippen LogP contribution in [0.1, 0.15) is 12.0 Å². The number of piperidine rings is 1. The van der Waals surface area contributed by atoms with Gasteiger partial charge in [-0.1, -0.05) is 0 Å². The predicted octanol–water partition coefficient (Wildman–Crippen LogP) is 3.57. The summed E-state index contributed by atoms with van der Waals surface area (Å²) in [6.45, 7) is 1.03. The normalized spacial score (nSPS) is 20.9. The molecule has 0 saturated carbocycles. The molecule has 0 radical (unpaired) electrons. The number of likely N-dealkylation sites (N-methyl/N-ethyl adjacent to an activating group) is 1. The van der Waals surface area contributed by atoms with E-state index in [1.807, 2.05) is 11.9 Å². The molecule has 2 atom stereocenters. The molecule has 1 fully saturated rings. The first-order chi connectivity index (χ1) is 13.7. The number of benzene rings is 1. The van der Waals surface area contributed by atoms with Gasteiger partial charge < -0.3 is 15.3 Å². The van der Waals surface area contributed by atoms with Crippen molar-refractivity contribution in [2.75, 3.05) is 25.5 Å². The molecule has 4 rings (SSSR count). The minimum Gasteiger partial charge on any atom is -0.507 e. The number of nitrogens with one attached hydrogen (secondary N) is 1. The lowest BCUT2D eigenvalue weighted by Gasteiger charge is -2.32. The van der Waals surface area contributed by atoms with Gasteiger partial charge in [-0.05, 0) is 37.4 Å². The van der Waals surface area contributed by atoms with Crippen LogP contribution in [-0.4, -0.2) is 57.0 Å². The molecule has 1 aromatic carbocycles. The van der Waals surface area contributed by atoms with Crippen LogP contribution in [0.15, 0.2) is 36.5 Å². The summed E-state index contributed by atoms with van der Waals surface area (Å²) in [7, 11) is 1.84. The maximum absolute atomic E-state index is 13.9. The van der Waals surface area contributed by atoms with Gasteiger partial charge in [0, 0.05) is 37.3 Å². The van der Waals surface area contributed by atoms with Gasteiger partial charge in [0.2, 0.25) is 5.95 Å². The fourth-order valence-corrected chi connectivity index (χ4v) is 3.69. The second-order valence-corrected chi connectivity index (χ2v) is 7.26. The van der Waals surface area contributed by atoms with E-state index in [0.29, 0.717) is 37.0 Å². The van der Waals surface area contributed by atoms with Crippen molar-refractivity contribution in [2.45, 2.75) is 24.8 Å². The molecule has 2 N–H and O–H groups in total. The smallest absolute Gasteiger partial charge is 0.416 e. The Labute approximate surface area is 163 Å². The third-order valence-corrected chi connectivity index (χ3v) is 4.96. The van der Waals surface area contributed by atoms with Crippen LogP contribution in [0, 0.1) is 0 Å². The van der Waals surface area contributed by atoms with Gasteiger partial charge in [0.15, 0.2) is 0 Å². The van der Waals surface area contributed by atoms with Crippen LogP contribution in [-0.2, 0) is 6.18 Å². The van der Waals surface area contributed by atoms with E-state index in [-0.39, 0.29) is 17.3 Å². The summed E-state index contributed by atoms with van der Waals surface area (Å²) in [6.07, 6.45) is -3.43. The predicted molar refractivity (Wildman–Crippen MR) is 99.5 cm³/mol. The van der Waals surface area contributed by atoms with Crippen molar-refractivity contribution in [2.24, 2.45) is 0 Å². The minimum atomic E-state index is -4.55. The first-order valence-corrected chi connectivity index (χ1v) is 9.06. The summed E-state index contributed by atoms with van der Waals surface area (Å²) >= 11 is 0. The first-order valence-electron chi connectivity index (χ1n) is 9.06. The third kappa shape index (κ3) is 3.84. The summed E-state index contributed by atoms with van der Waals surface area (Å²) in [6, 6.07) is 6.03.